The van der Waals surface area contributed by atoms with Crippen molar-refractivity contribution in [1.29, 1.82) is 0 Å². The molecule has 0 fully saturated rings. The molecule has 2 N–H and O–H groups in total. The third-order valence-electron chi connectivity index (χ3n) is 4.20. The first kappa shape index (κ1) is 17.6. The largest absolute Gasteiger partial charge is 0.465 e. The van der Waals surface area contributed by atoms with Crippen LogP contribution in [0.1, 0.15) is 29.7 Å². The van der Waals surface area contributed by atoms with Crippen LogP contribution >= 0.6 is 0 Å². The molecule has 0 bridgehead atoms. The van der Waals surface area contributed by atoms with Crippen LogP contribution in [0.4, 0.5) is 9.18 Å². The first-order chi connectivity index (χ1) is 12.3. The summed E-state index contributed by atoms with van der Waals surface area (Å²) in [6.07, 6.45) is 0.112. The Bertz CT molecular complexity index is 1080. The average molecular weight is 356 g/mol. The summed E-state index contributed by atoms with van der Waals surface area (Å²) >= 11 is 0. The summed E-state index contributed by atoms with van der Waals surface area (Å²) in [5.74, 6) is -0.663. The van der Waals surface area contributed by atoms with E-state index in [1.165, 1.54) is 12.3 Å². The lowest BCUT2D eigenvalue weighted by Crippen LogP contribution is -2.25. The molecular formula is C19H17FN2O4. The molecule has 1 aromatic carbocycles. The number of aromatic nitrogens is 1. The summed E-state index contributed by atoms with van der Waals surface area (Å²) in [5.41, 5.74) is 1.57. The maximum atomic E-state index is 14.1. The molecule has 0 spiro atoms. The summed E-state index contributed by atoms with van der Waals surface area (Å²) in [5, 5.41) is 11.7. The number of rotatable bonds is 3. The van der Waals surface area contributed by atoms with Crippen LogP contribution < -0.4 is 10.7 Å². The van der Waals surface area contributed by atoms with E-state index in [0.717, 1.165) is 5.56 Å². The van der Waals surface area contributed by atoms with Gasteiger partial charge in [-0.1, -0.05) is 6.07 Å². The van der Waals surface area contributed by atoms with Gasteiger partial charge in [0.05, 0.1) is 17.0 Å². The molecule has 1 atom stereocenters. The first-order valence-corrected chi connectivity index (χ1v) is 7.98. The number of hydrogen-bond donors (Lipinski definition) is 2. The predicted molar refractivity (Wildman–Crippen MR) is 94.7 cm³/mol. The summed E-state index contributed by atoms with van der Waals surface area (Å²) in [4.78, 5) is 27.4. The molecular weight excluding hydrogens is 339 g/mol. The zero-order valence-corrected chi connectivity index (χ0v) is 14.5. The molecule has 2 heterocycles. The van der Waals surface area contributed by atoms with Crippen molar-refractivity contribution in [2.24, 2.45) is 0 Å². The van der Waals surface area contributed by atoms with Crippen LogP contribution in [-0.2, 0) is 0 Å². The predicted octanol–water partition coefficient (Wildman–Crippen LogP) is 3.94. The van der Waals surface area contributed by atoms with Gasteiger partial charge < -0.3 is 14.8 Å². The Morgan fingerprint density at radius 2 is 2.08 bits per heavy atom. The third-order valence-corrected chi connectivity index (χ3v) is 4.20. The molecule has 6 nitrogen and oxygen atoms in total. The number of nitrogens with one attached hydrogen (secondary N) is 1. The van der Waals surface area contributed by atoms with Crippen LogP contribution in [0.5, 0.6) is 0 Å². The van der Waals surface area contributed by atoms with Gasteiger partial charge in [0.1, 0.15) is 11.3 Å². The number of halogens is 1. The number of nitrogens with zero attached hydrogens (tertiary/aromatic N) is 1. The molecule has 0 aliphatic carbocycles. The van der Waals surface area contributed by atoms with Gasteiger partial charge in [-0.3, -0.25) is 4.79 Å². The Morgan fingerprint density at radius 3 is 2.73 bits per heavy atom. The van der Waals surface area contributed by atoms with Gasteiger partial charge in [0.2, 0.25) is 5.95 Å². The zero-order chi connectivity index (χ0) is 19.0. The normalized spacial score (nSPS) is 12.2. The minimum atomic E-state index is -1.19. The van der Waals surface area contributed by atoms with Gasteiger partial charge in [-0.05, 0) is 44.5 Å². The monoisotopic (exact) mass is 356 g/mol. The van der Waals surface area contributed by atoms with E-state index < -0.39 is 18.1 Å². The number of fused-ring (bicyclic) bond motifs is 1. The Kier molecular flexibility index (Phi) is 4.46. The van der Waals surface area contributed by atoms with Crippen molar-refractivity contribution in [3.05, 3.63) is 63.3 Å². The molecule has 0 aliphatic rings. The molecule has 26 heavy (non-hydrogen) atoms. The molecule has 0 saturated carbocycles. The standard InChI is InChI=1S/C19H17FN2O4/c1-9-7-13(11(3)22-19(24)25)17-14(8-9)15(23)10(2)16(26-17)12-5-4-6-21-18(12)20/h4-8,11,22H,1-3H3,(H,24,25)/t11-/m1/s1. The van der Waals surface area contributed by atoms with E-state index in [-0.39, 0.29) is 27.9 Å². The van der Waals surface area contributed by atoms with Crippen LogP contribution in [0.15, 0.2) is 39.7 Å². The van der Waals surface area contributed by atoms with Crippen LogP contribution in [0, 0.1) is 19.8 Å². The Labute approximate surface area is 148 Å². The number of carboxylic acid groups (broad SMARTS) is 1. The highest BCUT2D eigenvalue weighted by Gasteiger charge is 2.21. The number of amides is 1. The highest BCUT2D eigenvalue weighted by molar-refractivity contribution is 5.84. The van der Waals surface area contributed by atoms with Crippen LogP contribution in [0.2, 0.25) is 0 Å². The van der Waals surface area contributed by atoms with E-state index in [9.17, 15) is 14.0 Å². The number of carbonyl (C=O) groups is 1. The van der Waals surface area contributed by atoms with E-state index >= 15 is 0 Å². The lowest BCUT2D eigenvalue weighted by Gasteiger charge is -2.16. The minimum absolute atomic E-state index is 0.0781. The number of aryl methyl sites for hydroxylation is 1. The van der Waals surface area contributed by atoms with Crippen molar-refractivity contribution in [3.8, 4) is 11.3 Å². The second-order valence-corrected chi connectivity index (χ2v) is 6.13. The van der Waals surface area contributed by atoms with Gasteiger partial charge in [-0.2, -0.15) is 4.39 Å². The number of benzene rings is 1. The second kappa shape index (κ2) is 6.59. The number of pyridine rings is 1. The molecule has 0 saturated heterocycles. The summed E-state index contributed by atoms with van der Waals surface area (Å²) < 4.78 is 20.0. The summed E-state index contributed by atoms with van der Waals surface area (Å²) in [6.45, 7) is 5.01. The molecule has 1 amide bonds. The molecule has 0 radical (unpaired) electrons. The quantitative estimate of drug-likeness (QED) is 0.694. The average Bonchev–Trinajstić information content (AvgIpc) is 2.58. The van der Waals surface area contributed by atoms with Crippen molar-refractivity contribution >= 4 is 17.1 Å². The van der Waals surface area contributed by atoms with Crippen molar-refractivity contribution in [3.63, 3.8) is 0 Å². The van der Waals surface area contributed by atoms with Gasteiger partial charge in [0, 0.05) is 17.3 Å². The Hall–Kier alpha value is -3.22. The molecule has 0 aliphatic heterocycles. The number of hydrogen-bond acceptors (Lipinski definition) is 4. The molecule has 0 unspecified atom stereocenters. The van der Waals surface area contributed by atoms with Crippen LogP contribution in [0.25, 0.3) is 22.3 Å². The van der Waals surface area contributed by atoms with Crippen molar-refractivity contribution in [2.45, 2.75) is 26.8 Å². The Balaban J connectivity index is 2.36. The van der Waals surface area contributed by atoms with Gasteiger partial charge >= 0.3 is 6.09 Å². The zero-order valence-electron chi connectivity index (χ0n) is 14.5. The van der Waals surface area contributed by atoms with E-state index in [4.69, 9.17) is 9.52 Å². The smallest absolute Gasteiger partial charge is 0.405 e. The summed E-state index contributed by atoms with van der Waals surface area (Å²) in [7, 11) is 0. The van der Waals surface area contributed by atoms with E-state index in [1.54, 1.807) is 39.0 Å². The fourth-order valence-electron chi connectivity index (χ4n) is 2.96. The SMILES string of the molecule is Cc1cc([C@@H](C)NC(=O)O)c2oc(-c3cccnc3F)c(C)c(=O)c2c1. The minimum Gasteiger partial charge on any atom is -0.465 e. The summed E-state index contributed by atoms with van der Waals surface area (Å²) in [6, 6.07) is 5.82. The maximum absolute atomic E-state index is 14.1. The maximum Gasteiger partial charge on any atom is 0.405 e. The second-order valence-electron chi connectivity index (χ2n) is 6.13. The highest BCUT2D eigenvalue weighted by Crippen LogP contribution is 2.31. The van der Waals surface area contributed by atoms with E-state index in [1.807, 2.05) is 0 Å². The lowest BCUT2D eigenvalue weighted by molar-refractivity contribution is 0.191. The molecule has 3 aromatic rings. The van der Waals surface area contributed by atoms with Crippen LogP contribution in [-0.4, -0.2) is 16.2 Å². The van der Waals surface area contributed by atoms with Gasteiger partial charge in [-0.25, -0.2) is 9.78 Å². The van der Waals surface area contributed by atoms with E-state index in [0.29, 0.717) is 10.9 Å². The molecule has 7 heteroatoms. The van der Waals surface area contributed by atoms with Crippen molar-refractivity contribution in [1.82, 2.24) is 10.3 Å². The van der Waals surface area contributed by atoms with Crippen molar-refractivity contribution < 1.29 is 18.7 Å². The molecule has 134 valence electrons. The van der Waals surface area contributed by atoms with Gasteiger partial charge in [0.25, 0.3) is 0 Å². The fourth-order valence-corrected chi connectivity index (χ4v) is 2.96. The Morgan fingerprint density at radius 1 is 1.35 bits per heavy atom. The fraction of sp³-hybridized carbons (Fsp3) is 0.211. The van der Waals surface area contributed by atoms with Gasteiger partial charge in [-0.15, -0.1) is 0 Å². The lowest BCUT2D eigenvalue weighted by atomic mass is 9.99. The van der Waals surface area contributed by atoms with Gasteiger partial charge in [0.15, 0.2) is 5.43 Å². The molecule has 3 rings (SSSR count). The van der Waals surface area contributed by atoms with Crippen LogP contribution in [0.3, 0.4) is 0 Å². The third kappa shape index (κ3) is 3.03. The van der Waals surface area contributed by atoms with Crippen molar-refractivity contribution in [2.75, 3.05) is 0 Å². The topological polar surface area (TPSA) is 92.4 Å². The van der Waals surface area contributed by atoms with E-state index in [2.05, 4.69) is 10.3 Å². The highest BCUT2D eigenvalue weighted by atomic mass is 19.1. The molecule has 2 aromatic heterocycles. The first-order valence-electron chi connectivity index (χ1n) is 7.98.